The fraction of sp³-hybridized carbons (Fsp3) is 0.615. The van der Waals surface area contributed by atoms with E-state index in [1.54, 1.807) is 0 Å². The molecule has 0 bridgehead atoms. The molecule has 1 fully saturated rings. The molecule has 0 aromatic carbocycles. The Morgan fingerprint density at radius 3 is 2.55 bits per heavy atom. The minimum atomic E-state index is -0.278. The zero-order valence-corrected chi connectivity index (χ0v) is 12.6. The molecule has 3 N–H and O–H groups in total. The lowest BCUT2D eigenvalue weighted by atomic mass is 10.1. The fourth-order valence-corrected chi connectivity index (χ4v) is 2.54. The van der Waals surface area contributed by atoms with Crippen LogP contribution in [0.1, 0.15) is 24.2 Å². The van der Waals surface area contributed by atoms with Gasteiger partial charge in [0.2, 0.25) is 5.91 Å². The monoisotopic (exact) mass is 297 g/mol. The third kappa shape index (κ3) is 3.80. The number of rotatable bonds is 4. The SMILES string of the molecule is Cc1nc(Cl)c(NC2CCN(CC(N)=O)CC2)nc1C. The summed E-state index contributed by atoms with van der Waals surface area (Å²) in [5.74, 6) is 0.364. The van der Waals surface area contributed by atoms with Gasteiger partial charge in [0.1, 0.15) is 0 Å². The molecule has 2 heterocycles. The van der Waals surface area contributed by atoms with Crippen LogP contribution in [-0.4, -0.2) is 46.5 Å². The first-order valence-corrected chi connectivity index (χ1v) is 7.11. The Labute approximate surface area is 123 Å². The molecule has 0 atom stereocenters. The van der Waals surface area contributed by atoms with E-state index in [1.807, 2.05) is 13.8 Å². The van der Waals surface area contributed by atoms with Gasteiger partial charge in [0.05, 0.1) is 17.9 Å². The van der Waals surface area contributed by atoms with E-state index >= 15 is 0 Å². The van der Waals surface area contributed by atoms with E-state index < -0.39 is 0 Å². The number of likely N-dealkylation sites (tertiary alicyclic amines) is 1. The molecule has 110 valence electrons. The van der Waals surface area contributed by atoms with E-state index in [4.69, 9.17) is 17.3 Å². The normalized spacial score (nSPS) is 17.1. The molecule has 7 heteroatoms. The highest BCUT2D eigenvalue weighted by molar-refractivity contribution is 6.31. The van der Waals surface area contributed by atoms with Gasteiger partial charge in [-0.05, 0) is 26.7 Å². The Balaban J connectivity index is 1.93. The van der Waals surface area contributed by atoms with Crippen molar-refractivity contribution in [2.45, 2.75) is 32.7 Å². The number of hydrogen-bond acceptors (Lipinski definition) is 5. The number of halogens is 1. The number of anilines is 1. The quantitative estimate of drug-likeness (QED) is 0.870. The first kappa shape index (κ1) is 15.0. The second kappa shape index (κ2) is 6.37. The average molecular weight is 298 g/mol. The number of aromatic nitrogens is 2. The molecule has 6 nitrogen and oxygen atoms in total. The van der Waals surface area contributed by atoms with E-state index in [0.717, 1.165) is 37.3 Å². The Hall–Kier alpha value is -1.40. The molecular formula is C13H20ClN5O. The molecule has 1 aliphatic rings. The van der Waals surface area contributed by atoms with E-state index in [0.29, 0.717) is 23.6 Å². The Morgan fingerprint density at radius 1 is 1.35 bits per heavy atom. The zero-order valence-electron chi connectivity index (χ0n) is 11.8. The molecule has 0 radical (unpaired) electrons. The number of nitrogens with two attached hydrogens (primary N) is 1. The summed E-state index contributed by atoms with van der Waals surface area (Å²) >= 11 is 6.11. The molecule has 0 unspecified atom stereocenters. The van der Waals surface area contributed by atoms with Crippen LogP contribution >= 0.6 is 11.6 Å². The topological polar surface area (TPSA) is 84.1 Å². The van der Waals surface area contributed by atoms with Crippen molar-refractivity contribution in [1.82, 2.24) is 14.9 Å². The second-order valence-electron chi connectivity index (χ2n) is 5.19. The number of aryl methyl sites for hydroxylation is 2. The van der Waals surface area contributed by atoms with Crippen molar-refractivity contribution in [2.75, 3.05) is 25.0 Å². The fourth-order valence-electron chi connectivity index (χ4n) is 2.32. The number of carbonyl (C=O) groups is 1. The maximum absolute atomic E-state index is 10.9. The predicted octanol–water partition coefficient (Wildman–Crippen LogP) is 1.11. The molecule has 1 aromatic rings. The smallest absolute Gasteiger partial charge is 0.231 e. The summed E-state index contributed by atoms with van der Waals surface area (Å²) in [6, 6.07) is 0.299. The summed E-state index contributed by atoms with van der Waals surface area (Å²) in [6.45, 7) is 5.82. The van der Waals surface area contributed by atoms with Crippen molar-refractivity contribution in [2.24, 2.45) is 5.73 Å². The molecule has 1 amide bonds. The van der Waals surface area contributed by atoms with Gasteiger partial charge in [0.25, 0.3) is 0 Å². The van der Waals surface area contributed by atoms with Crippen LogP contribution in [0.15, 0.2) is 0 Å². The zero-order chi connectivity index (χ0) is 14.7. The Bertz CT molecular complexity index is 500. The predicted molar refractivity (Wildman–Crippen MR) is 78.8 cm³/mol. The molecule has 0 spiro atoms. The molecule has 1 saturated heterocycles. The van der Waals surface area contributed by atoms with Gasteiger partial charge in [-0.2, -0.15) is 0 Å². The van der Waals surface area contributed by atoms with Crippen molar-refractivity contribution in [3.8, 4) is 0 Å². The lowest BCUT2D eigenvalue weighted by Gasteiger charge is -2.31. The van der Waals surface area contributed by atoms with Crippen LogP contribution in [0.2, 0.25) is 5.15 Å². The number of carbonyl (C=O) groups excluding carboxylic acids is 1. The number of nitrogens with one attached hydrogen (secondary N) is 1. The lowest BCUT2D eigenvalue weighted by molar-refractivity contribution is -0.119. The summed E-state index contributed by atoms with van der Waals surface area (Å²) < 4.78 is 0. The first-order valence-electron chi connectivity index (χ1n) is 6.73. The van der Waals surface area contributed by atoms with Crippen LogP contribution in [0, 0.1) is 13.8 Å². The number of amides is 1. The van der Waals surface area contributed by atoms with E-state index in [9.17, 15) is 4.79 Å². The first-order chi connectivity index (χ1) is 9.45. The molecule has 0 saturated carbocycles. The molecule has 1 aromatic heterocycles. The summed E-state index contributed by atoms with van der Waals surface area (Å²) in [5, 5.41) is 3.75. The standard InChI is InChI=1S/C13H20ClN5O/c1-8-9(2)17-13(12(14)16-8)18-10-3-5-19(6-4-10)7-11(15)20/h10H,3-7H2,1-2H3,(H2,15,20)(H,17,18). The van der Waals surface area contributed by atoms with Crippen molar-refractivity contribution < 1.29 is 4.79 Å². The van der Waals surface area contributed by atoms with Gasteiger partial charge in [0.15, 0.2) is 11.0 Å². The summed E-state index contributed by atoms with van der Waals surface area (Å²) in [7, 11) is 0. The molecule has 0 aliphatic carbocycles. The molecule has 1 aliphatic heterocycles. The summed E-state index contributed by atoms with van der Waals surface area (Å²) in [6.07, 6.45) is 1.86. The Morgan fingerprint density at radius 2 is 1.95 bits per heavy atom. The van der Waals surface area contributed by atoms with Gasteiger partial charge < -0.3 is 11.1 Å². The van der Waals surface area contributed by atoms with Crippen LogP contribution in [0.3, 0.4) is 0 Å². The van der Waals surface area contributed by atoms with Crippen LogP contribution in [0.25, 0.3) is 0 Å². The van der Waals surface area contributed by atoms with Crippen LogP contribution in [0.4, 0.5) is 5.82 Å². The van der Waals surface area contributed by atoms with Gasteiger partial charge >= 0.3 is 0 Å². The van der Waals surface area contributed by atoms with Crippen molar-refractivity contribution in [3.05, 3.63) is 16.5 Å². The van der Waals surface area contributed by atoms with Gasteiger partial charge in [-0.3, -0.25) is 9.69 Å². The number of primary amides is 1. The minimum absolute atomic E-state index is 0.278. The highest BCUT2D eigenvalue weighted by Crippen LogP contribution is 2.22. The lowest BCUT2D eigenvalue weighted by Crippen LogP contribution is -2.43. The van der Waals surface area contributed by atoms with Gasteiger partial charge in [-0.25, -0.2) is 9.97 Å². The third-order valence-corrected chi connectivity index (χ3v) is 3.84. The molecule has 2 rings (SSSR count). The average Bonchev–Trinajstić information content (AvgIpc) is 2.37. The van der Waals surface area contributed by atoms with Crippen molar-refractivity contribution in [1.29, 1.82) is 0 Å². The largest absolute Gasteiger partial charge is 0.369 e. The summed E-state index contributed by atoms with van der Waals surface area (Å²) in [4.78, 5) is 21.6. The number of hydrogen-bond donors (Lipinski definition) is 2. The Kier molecular flexibility index (Phi) is 4.77. The highest BCUT2D eigenvalue weighted by atomic mass is 35.5. The highest BCUT2D eigenvalue weighted by Gasteiger charge is 2.21. The third-order valence-electron chi connectivity index (χ3n) is 3.57. The van der Waals surface area contributed by atoms with Crippen LogP contribution in [-0.2, 0) is 4.79 Å². The van der Waals surface area contributed by atoms with E-state index in [2.05, 4.69) is 20.2 Å². The number of piperidine rings is 1. The van der Waals surface area contributed by atoms with Gasteiger partial charge in [-0.15, -0.1) is 0 Å². The number of nitrogens with zero attached hydrogens (tertiary/aromatic N) is 3. The van der Waals surface area contributed by atoms with Crippen LogP contribution < -0.4 is 11.1 Å². The second-order valence-corrected chi connectivity index (χ2v) is 5.55. The maximum atomic E-state index is 10.9. The van der Waals surface area contributed by atoms with Crippen molar-refractivity contribution in [3.63, 3.8) is 0 Å². The van der Waals surface area contributed by atoms with Gasteiger partial charge in [0, 0.05) is 19.1 Å². The molecular weight excluding hydrogens is 278 g/mol. The van der Waals surface area contributed by atoms with Gasteiger partial charge in [-0.1, -0.05) is 11.6 Å². The van der Waals surface area contributed by atoms with E-state index in [1.165, 1.54) is 0 Å². The minimum Gasteiger partial charge on any atom is -0.369 e. The molecule has 20 heavy (non-hydrogen) atoms. The van der Waals surface area contributed by atoms with Crippen molar-refractivity contribution >= 4 is 23.3 Å². The van der Waals surface area contributed by atoms with Crippen LogP contribution in [0.5, 0.6) is 0 Å². The summed E-state index contributed by atoms with van der Waals surface area (Å²) in [5.41, 5.74) is 6.92. The van der Waals surface area contributed by atoms with E-state index in [-0.39, 0.29) is 5.91 Å². The maximum Gasteiger partial charge on any atom is 0.231 e.